The molecule has 2 aliphatic heterocycles. The first kappa shape index (κ1) is 19.7. The summed E-state index contributed by atoms with van der Waals surface area (Å²) < 4.78 is 46.2. The van der Waals surface area contributed by atoms with Crippen molar-refractivity contribution < 1.29 is 22.3 Å². The molecule has 2 aromatic rings. The fourth-order valence-electron chi connectivity index (χ4n) is 3.63. The predicted molar refractivity (Wildman–Crippen MR) is 106 cm³/mol. The average molecular weight is 419 g/mol. The van der Waals surface area contributed by atoms with E-state index in [1.54, 1.807) is 4.90 Å². The number of benzene rings is 2. The van der Waals surface area contributed by atoms with Crippen LogP contribution >= 0.6 is 0 Å². The van der Waals surface area contributed by atoms with Gasteiger partial charge < -0.3 is 14.5 Å². The van der Waals surface area contributed by atoms with Crippen LogP contribution in [0.5, 0.6) is 5.75 Å². The highest BCUT2D eigenvalue weighted by Crippen LogP contribution is 2.30. The lowest BCUT2D eigenvalue weighted by atomic mass is 10.2. The Morgan fingerprint density at radius 1 is 0.966 bits per heavy atom. The van der Waals surface area contributed by atoms with Crippen LogP contribution in [-0.2, 0) is 14.8 Å². The maximum absolute atomic E-state index is 13.9. The summed E-state index contributed by atoms with van der Waals surface area (Å²) >= 11 is 0. The molecule has 0 spiro atoms. The van der Waals surface area contributed by atoms with E-state index in [1.165, 1.54) is 22.5 Å². The van der Waals surface area contributed by atoms with Crippen LogP contribution in [0, 0.1) is 5.82 Å². The predicted octanol–water partition coefficient (Wildman–Crippen LogP) is 1.56. The molecule has 0 radical (unpaired) electrons. The Morgan fingerprint density at radius 3 is 2.41 bits per heavy atom. The molecule has 0 aliphatic carbocycles. The van der Waals surface area contributed by atoms with E-state index in [0.717, 1.165) is 17.5 Å². The van der Waals surface area contributed by atoms with Gasteiger partial charge >= 0.3 is 0 Å². The number of amides is 1. The molecule has 0 unspecified atom stereocenters. The monoisotopic (exact) mass is 419 g/mol. The van der Waals surface area contributed by atoms with Crippen LogP contribution in [-0.4, -0.2) is 69.4 Å². The van der Waals surface area contributed by atoms with Gasteiger partial charge in [-0.2, -0.15) is 4.31 Å². The van der Waals surface area contributed by atoms with Crippen molar-refractivity contribution in [1.29, 1.82) is 0 Å². The summed E-state index contributed by atoms with van der Waals surface area (Å²) in [6, 6.07) is 12.9. The summed E-state index contributed by atoms with van der Waals surface area (Å²) in [5, 5.41) is 0. The van der Waals surface area contributed by atoms with Gasteiger partial charge in [-0.15, -0.1) is 0 Å². The normalized spacial score (nSPS) is 17.6. The van der Waals surface area contributed by atoms with E-state index in [1.807, 2.05) is 29.2 Å². The maximum Gasteiger partial charge on any atom is 0.246 e. The molecule has 29 heavy (non-hydrogen) atoms. The Hall–Kier alpha value is -2.65. The number of carbonyl (C=O) groups excluding carboxylic acids is 1. The van der Waals surface area contributed by atoms with Crippen LogP contribution in [0.25, 0.3) is 0 Å². The number of halogens is 1. The summed E-state index contributed by atoms with van der Waals surface area (Å²) in [6.45, 7) is 2.17. The number of piperazine rings is 1. The topological polar surface area (TPSA) is 70.2 Å². The number of nitrogens with zero attached hydrogens (tertiary/aromatic N) is 3. The van der Waals surface area contributed by atoms with Crippen LogP contribution < -0.4 is 9.64 Å². The largest absolute Gasteiger partial charge is 0.490 e. The fraction of sp³-hybridized carbons (Fsp3) is 0.350. The number of hydrogen-bond donors (Lipinski definition) is 0. The molecule has 9 heteroatoms. The smallest absolute Gasteiger partial charge is 0.246 e. The second-order valence-corrected chi connectivity index (χ2v) is 8.86. The summed E-state index contributed by atoms with van der Waals surface area (Å²) in [4.78, 5) is 16.1. The number of para-hydroxylation sites is 2. The molecule has 2 aromatic carbocycles. The first-order chi connectivity index (χ1) is 14.0. The lowest BCUT2D eigenvalue weighted by Crippen LogP contribution is -2.53. The van der Waals surface area contributed by atoms with E-state index >= 15 is 0 Å². The Morgan fingerprint density at radius 2 is 1.66 bits per heavy atom. The van der Waals surface area contributed by atoms with Gasteiger partial charge in [0, 0.05) is 26.2 Å². The van der Waals surface area contributed by atoms with Crippen molar-refractivity contribution in [1.82, 2.24) is 9.21 Å². The SMILES string of the molecule is O=C(CN1CCOc2ccccc21)N1CCN(S(=O)(=O)c2ccccc2F)CC1. The van der Waals surface area contributed by atoms with Crippen LogP contribution in [0.4, 0.5) is 10.1 Å². The lowest BCUT2D eigenvalue weighted by Gasteiger charge is -2.36. The van der Waals surface area contributed by atoms with Crippen LogP contribution in [0.15, 0.2) is 53.4 Å². The van der Waals surface area contributed by atoms with E-state index < -0.39 is 15.8 Å². The molecule has 0 atom stereocenters. The van der Waals surface area contributed by atoms with Gasteiger partial charge in [0.05, 0.1) is 18.8 Å². The Labute approximate surface area is 169 Å². The van der Waals surface area contributed by atoms with Crippen molar-refractivity contribution >= 4 is 21.6 Å². The molecule has 2 heterocycles. The van der Waals surface area contributed by atoms with Crippen LogP contribution in [0.3, 0.4) is 0 Å². The Bertz CT molecular complexity index is 1010. The number of rotatable bonds is 4. The van der Waals surface area contributed by atoms with Crippen molar-refractivity contribution in [3.05, 3.63) is 54.3 Å². The highest BCUT2D eigenvalue weighted by atomic mass is 32.2. The number of ether oxygens (including phenoxy) is 1. The minimum Gasteiger partial charge on any atom is -0.490 e. The first-order valence-electron chi connectivity index (χ1n) is 9.46. The molecule has 0 aromatic heterocycles. The average Bonchev–Trinajstić information content (AvgIpc) is 2.74. The zero-order valence-corrected chi connectivity index (χ0v) is 16.6. The molecule has 2 aliphatic rings. The third-order valence-corrected chi connectivity index (χ3v) is 7.13. The Balaban J connectivity index is 1.39. The van der Waals surface area contributed by atoms with Gasteiger partial charge in [0.15, 0.2) is 0 Å². The molecular formula is C20H22FN3O4S. The molecule has 4 rings (SSSR count). The van der Waals surface area contributed by atoms with Crippen molar-refractivity contribution in [3.8, 4) is 5.75 Å². The summed E-state index contributed by atoms with van der Waals surface area (Å²) in [6.07, 6.45) is 0. The van der Waals surface area contributed by atoms with Gasteiger partial charge in [0.1, 0.15) is 23.1 Å². The number of carbonyl (C=O) groups is 1. The van der Waals surface area contributed by atoms with E-state index in [-0.39, 0.29) is 43.5 Å². The van der Waals surface area contributed by atoms with Gasteiger partial charge in [-0.3, -0.25) is 4.79 Å². The van der Waals surface area contributed by atoms with Crippen LogP contribution in [0.1, 0.15) is 0 Å². The van der Waals surface area contributed by atoms with Gasteiger partial charge in [0.25, 0.3) is 0 Å². The van der Waals surface area contributed by atoms with Crippen LogP contribution in [0.2, 0.25) is 0 Å². The molecule has 0 N–H and O–H groups in total. The second-order valence-electron chi connectivity index (χ2n) is 6.95. The van der Waals surface area contributed by atoms with Crippen molar-refractivity contribution in [3.63, 3.8) is 0 Å². The second kappa shape index (κ2) is 8.00. The van der Waals surface area contributed by atoms with E-state index in [4.69, 9.17) is 4.74 Å². The number of sulfonamides is 1. The van der Waals surface area contributed by atoms with E-state index in [0.29, 0.717) is 13.2 Å². The first-order valence-corrected chi connectivity index (χ1v) is 10.9. The molecule has 1 saturated heterocycles. The van der Waals surface area contributed by atoms with Gasteiger partial charge in [-0.1, -0.05) is 24.3 Å². The zero-order valence-electron chi connectivity index (χ0n) is 15.8. The third-order valence-electron chi connectivity index (χ3n) is 5.20. The minimum atomic E-state index is -3.92. The van der Waals surface area contributed by atoms with E-state index in [9.17, 15) is 17.6 Å². The highest BCUT2D eigenvalue weighted by Gasteiger charge is 2.32. The fourth-order valence-corrected chi connectivity index (χ4v) is 5.11. The summed E-state index contributed by atoms with van der Waals surface area (Å²) in [5.41, 5.74) is 0.882. The molecular weight excluding hydrogens is 397 g/mol. The standard InChI is InChI=1S/C20H22FN3O4S/c21-16-5-1-4-8-19(16)29(26,27)24-11-9-22(10-12-24)20(25)15-23-13-14-28-18-7-3-2-6-17(18)23/h1-8H,9-15H2. The summed E-state index contributed by atoms with van der Waals surface area (Å²) in [7, 11) is -3.92. The lowest BCUT2D eigenvalue weighted by molar-refractivity contribution is -0.130. The van der Waals surface area contributed by atoms with Crippen molar-refractivity contribution in [2.45, 2.75) is 4.90 Å². The number of fused-ring (bicyclic) bond motifs is 1. The third kappa shape index (κ3) is 3.92. The summed E-state index contributed by atoms with van der Waals surface area (Å²) in [5.74, 6) is -0.0750. The molecule has 1 amide bonds. The molecule has 0 bridgehead atoms. The van der Waals surface area contributed by atoms with Gasteiger partial charge in [-0.25, -0.2) is 12.8 Å². The Kier molecular flexibility index (Phi) is 5.42. The van der Waals surface area contributed by atoms with Gasteiger partial charge in [0.2, 0.25) is 15.9 Å². The molecule has 7 nitrogen and oxygen atoms in total. The number of anilines is 1. The minimum absolute atomic E-state index is 0.0651. The maximum atomic E-state index is 13.9. The van der Waals surface area contributed by atoms with Gasteiger partial charge in [-0.05, 0) is 24.3 Å². The molecule has 1 fully saturated rings. The highest BCUT2D eigenvalue weighted by molar-refractivity contribution is 7.89. The van der Waals surface area contributed by atoms with E-state index in [2.05, 4.69) is 0 Å². The quantitative estimate of drug-likeness (QED) is 0.752. The van der Waals surface area contributed by atoms with Crippen molar-refractivity contribution in [2.24, 2.45) is 0 Å². The number of hydrogen-bond acceptors (Lipinski definition) is 5. The zero-order chi connectivity index (χ0) is 20.4. The molecule has 154 valence electrons. The van der Waals surface area contributed by atoms with Crippen molar-refractivity contribution in [2.75, 3.05) is 50.8 Å². The molecule has 0 saturated carbocycles.